The molecular weight excluding hydrogens is 264 g/mol. The van der Waals surface area contributed by atoms with E-state index in [2.05, 4.69) is 22.7 Å². The molecule has 0 spiro atoms. The Morgan fingerprint density at radius 3 is 2.89 bits per heavy atom. The van der Waals surface area contributed by atoms with E-state index in [4.69, 9.17) is 0 Å². The van der Waals surface area contributed by atoms with Gasteiger partial charge in [0.05, 0.1) is 6.04 Å². The molecule has 6 heteroatoms. The number of amides is 1. The number of aromatic nitrogens is 2. The lowest BCUT2D eigenvalue weighted by atomic mass is 10.2. The fraction of sp³-hybridized carbons (Fsp3) is 0.692. The molecule has 19 heavy (non-hydrogen) atoms. The first kappa shape index (κ1) is 14.3. The van der Waals surface area contributed by atoms with E-state index in [1.807, 2.05) is 10.7 Å². The molecule has 1 atom stereocenters. The Kier molecular flexibility index (Phi) is 4.47. The van der Waals surface area contributed by atoms with Crippen molar-refractivity contribution in [3.8, 4) is 0 Å². The number of rotatable bonds is 4. The van der Waals surface area contributed by atoms with E-state index < -0.39 is 0 Å². The first-order chi connectivity index (χ1) is 8.78. The van der Waals surface area contributed by atoms with E-state index >= 15 is 0 Å². The highest BCUT2D eigenvalue weighted by molar-refractivity contribution is 5.94. The maximum Gasteiger partial charge on any atom is 0.242 e. The average Bonchev–Trinajstić information content (AvgIpc) is 2.93. The number of hydrogen-bond acceptors (Lipinski definition) is 3. The number of halogens is 1. The molecule has 1 amide bonds. The van der Waals surface area contributed by atoms with E-state index in [1.54, 1.807) is 0 Å². The van der Waals surface area contributed by atoms with Gasteiger partial charge in [0.25, 0.3) is 0 Å². The van der Waals surface area contributed by atoms with Gasteiger partial charge in [-0.15, -0.1) is 12.4 Å². The number of hydrogen-bond donors (Lipinski definition) is 2. The van der Waals surface area contributed by atoms with Crippen LogP contribution < -0.4 is 10.6 Å². The van der Waals surface area contributed by atoms with Crippen LogP contribution in [0.15, 0.2) is 6.07 Å². The molecule has 1 aliphatic carbocycles. The third-order valence-corrected chi connectivity index (χ3v) is 3.73. The molecule has 2 heterocycles. The number of nitrogens with zero attached hydrogens (tertiary/aromatic N) is 2. The molecule has 1 aromatic rings. The summed E-state index contributed by atoms with van der Waals surface area (Å²) >= 11 is 0. The number of carbonyl (C=O) groups excluding carboxylic acids is 1. The Balaban J connectivity index is 0.00000133. The number of aryl methyl sites for hydroxylation is 1. The second kappa shape index (κ2) is 5.92. The maximum absolute atomic E-state index is 12.0. The van der Waals surface area contributed by atoms with Crippen molar-refractivity contribution in [3.63, 3.8) is 0 Å². The summed E-state index contributed by atoms with van der Waals surface area (Å²) < 4.78 is 2.01. The summed E-state index contributed by atoms with van der Waals surface area (Å²) in [5.41, 5.74) is 1.27. The van der Waals surface area contributed by atoms with E-state index in [0.717, 1.165) is 25.9 Å². The van der Waals surface area contributed by atoms with Crippen LogP contribution in [-0.4, -0.2) is 28.3 Å². The van der Waals surface area contributed by atoms with Crippen LogP contribution in [0.4, 0.5) is 5.82 Å². The molecule has 5 nitrogen and oxygen atoms in total. The van der Waals surface area contributed by atoms with Crippen LogP contribution in [-0.2, 0) is 11.3 Å². The highest BCUT2D eigenvalue weighted by Gasteiger charge is 2.29. The molecule has 2 aliphatic rings. The SMILES string of the molecule is CCn1nc(NC(=O)C2CCCN2)cc1C1CC1.Cl. The van der Waals surface area contributed by atoms with Gasteiger partial charge in [-0.05, 0) is 39.2 Å². The van der Waals surface area contributed by atoms with Crippen molar-refractivity contribution in [2.75, 3.05) is 11.9 Å². The molecule has 2 fully saturated rings. The molecule has 0 radical (unpaired) electrons. The van der Waals surface area contributed by atoms with Gasteiger partial charge in [0, 0.05) is 24.2 Å². The number of nitrogens with one attached hydrogen (secondary N) is 2. The monoisotopic (exact) mass is 284 g/mol. The first-order valence-corrected chi connectivity index (χ1v) is 6.90. The Morgan fingerprint density at radius 1 is 1.53 bits per heavy atom. The quantitative estimate of drug-likeness (QED) is 0.888. The zero-order valence-electron chi connectivity index (χ0n) is 11.2. The van der Waals surface area contributed by atoms with Crippen molar-refractivity contribution in [1.82, 2.24) is 15.1 Å². The number of anilines is 1. The Morgan fingerprint density at radius 2 is 2.32 bits per heavy atom. The van der Waals surface area contributed by atoms with E-state index in [0.29, 0.717) is 11.7 Å². The highest BCUT2D eigenvalue weighted by Crippen LogP contribution is 2.40. The van der Waals surface area contributed by atoms with Gasteiger partial charge in [0.1, 0.15) is 0 Å². The lowest BCUT2D eigenvalue weighted by Crippen LogP contribution is -2.35. The van der Waals surface area contributed by atoms with Gasteiger partial charge in [0.15, 0.2) is 5.82 Å². The van der Waals surface area contributed by atoms with Crippen LogP contribution in [0.25, 0.3) is 0 Å². The van der Waals surface area contributed by atoms with Crippen molar-refractivity contribution >= 4 is 24.1 Å². The molecule has 1 saturated carbocycles. The molecular formula is C13H21ClN4O. The van der Waals surface area contributed by atoms with Gasteiger partial charge in [-0.25, -0.2) is 0 Å². The van der Waals surface area contributed by atoms with Crippen LogP contribution in [0.3, 0.4) is 0 Å². The summed E-state index contributed by atoms with van der Waals surface area (Å²) in [4.78, 5) is 12.0. The fourth-order valence-electron chi connectivity index (χ4n) is 2.57. The molecule has 1 saturated heterocycles. The van der Waals surface area contributed by atoms with Crippen molar-refractivity contribution in [2.45, 2.75) is 51.1 Å². The smallest absolute Gasteiger partial charge is 0.242 e. The highest BCUT2D eigenvalue weighted by atomic mass is 35.5. The Labute approximate surface area is 119 Å². The minimum atomic E-state index is -0.0406. The Hall–Kier alpha value is -1.07. The molecule has 1 unspecified atom stereocenters. The van der Waals surface area contributed by atoms with Crippen LogP contribution in [0.2, 0.25) is 0 Å². The largest absolute Gasteiger partial charge is 0.308 e. The third-order valence-electron chi connectivity index (χ3n) is 3.73. The lowest BCUT2D eigenvalue weighted by Gasteiger charge is -2.08. The topological polar surface area (TPSA) is 59.0 Å². The Bertz CT molecular complexity index is 449. The van der Waals surface area contributed by atoms with Gasteiger partial charge in [-0.1, -0.05) is 0 Å². The van der Waals surface area contributed by atoms with Crippen molar-refractivity contribution in [3.05, 3.63) is 11.8 Å². The summed E-state index contributed by atoms with van der Waals surface area (Å²) in [7, 11) is 0. The summed E-state index contributed by atoms with van der Waals surface area (Å²) in [6.45, 7) is 3.89. The molecule has 106 valence electrons. The predicted octanol–water partition coefficient (Wildman–Crippen LogP) is 1.89. The van der Waals surface area contributed by atoms with Crippen LogP contribution in [0, 0.1) is 0 Å². The van der Waals surface area contributed by atoms with Gasteiger partial charge < -0.3 is 10.6 Å². The summed E-state index contributed by atoms with van der Waals surface area (Å²) in [6.07, 6.45) is 4.51. The van der Waals surface area contributed by atoms with Crippen LogP contribution >= 0.6 is 12.4 Å². The molecule has 1 aromatic heterocycles. The van der Waals surface area contributed by atoms with Gasteiger partial charge in [-0.2, -0.15) is 5.10 Å². The van der Waals surface area contributed by atoms with E-state index in [-0.39, 0.29) is 24.4 Å². The normalized spacial score (nSPS) is 22.1. The maximum atomic E-state index is 12.0. The molecule has 0 aromatic carbocycles. The zero-order chi connectivity index (χ0) is 12.5. The van der Waals surface area contributed by atoms with Crippen LogP contribution in [0.1, 0.15) is 44.2 Å². The fourth-order valence-corrected chi connectivity index (χ4v) is 2.57. The van der Waals surface area contributed by atoms with Gasteiger partial charge >= 0.3 is 0 Å². The van der Waals surface area contributed by atoms with E-state index in [9.17, 15) is 4.79 Å². The van der Waals surface area contributed by atoms with Crippen molar-refractivity contribution in [2.24, 2.45) is 0 Å². The van der Waals surface area contributed by atoms with Gasteiger partial charge in [-0.3, -0.25) is 9.48 Å². The summed E-state index contributed by atoms with van der Waals surface area (Å²) in [5, 5.41) is 10.6. The first-order valence-electron chi connectivity index (χ1n) is 6.90. The van der Waals surface area contributed by atoms with Crippen molar-refractivity contribution in [1.29, 1.82) is 0 Å². The molecule has 1 aliphatic heterocycles. The van der Waals surface area contributed by atoms with Crippen LogP contribution in [0.5, 0.6) is 0 Å². The zero-order valence-corrected chi connectivity index (χ0v) is 12.0. The average molecular weight is 285 g/mol. The number of carbonyl (C=O) groups is 1. The minimum absolute atomic E-state index is 0. The minimum Gasteiger partial charge on any atom is -0.308 e. The second-order valence-corrected chi connectivity index (χ2v) is 5.18. The van der Waals surface area contributed by atoms with E-state index in [1.165, 1.54) is 18.5 Å². The summed E-state index contributed by atoms with van der Waals surface area (Å²) in [6, 6.07) is 2.00. The predicted molar refractivity (Wildman–Crippen MR) is 76.8 cm³/mol. The molecule has 2 N–H and O–H groups in total. The molecule has 0 bridgehead atoms. The lowest BCUT2D eigenvalue weighted by molar-refractivity contribution is -0.117. The standard InChI is InChI=1S/C13H20N4O.ClH/c1-2-17-11(9-5-6-9)8-12(16-17)15-13(18)10-4-3-7-14-10;/h8-10,14H,2-7H2,1H3,(H,15,16,18);1H. The second-order valence-electron chi connectivity index (χ2n) is 5.18. The molecule has 3 rings (SSSR count). The third kappa shape index (κ3) is 3.09. The van der Waals surface area contributed by atoms with Crippen molar-refractivity contribution < 1.29 is 4.79 Å². The van der Waals surface area contributed by atoms with Gasteiger partial charge in [0.2, 0.25) is 5.91 Å². The summed E-state index contributed by atoms with van der Waals surface area (Å²) in [5.74, 6) is 1.42.